The van der Waals surface area contributed by atoms with Crippen LogP contribution in [0.15, 0.2) is 27.9 Å². The van der Waals surface area contributed by atoms with Crippen LogP contribution < -0.4 is 21.3 Å². The van der Waals surface area contributed by atoms with E-state index in [0.29, 0.717) is 23.5 Å². The number of piperidine rings is 1. The molecule has 0 amide bonds. The highest BCUT2D eigenvalue weighted by Crippen LogP contribution is 2.23. The summed E-state index contributed by atoms with van der Waals surface area (Å²) in [6, 6.07) is 3.57. The fourth-order valence-corrected chi connectivity index (χ4v) is 3.98. The predicted octanol–water partition coefficient (Wildman–Crippen LogP) is 1.28. The number of hydrogen-bond acceptors (Lipinski definition) is 7. The van der Waals surface area contributed by atoms with Gasteiger partial charge in [-0.3, -0.25) is 18.8 Å². The van der Waals surface area contributed by atoms with Crippen LogP contribution in [0.3, 0.4) is 0 Å². The fraction of sp³-hybridized carbons (Fsp3) is 0.550. The van der Waals surface area contributed by atoms with Crippen molar-refractivity contribution in [3.8, 4) is 0 Å². The number of anilines is 2. The maximum atomic E-state index is 12.6. The minimum atomic E-state index is -0.123. The summed E-state index contributed by atoms with van der Waals surface area (Å²) in [5, 5.41) is 12.7. The topological polar surface area (TPSA) is 103 Å². The van der Waals surface area contributed by atoms with E-state index >= 15 is 0 Å². The Hall–Kier alpha value is -3.17. The Kier molecular flexibility index (Phi) is 5.31. The van der Waals surface area contributed by atoms with Gasteiger partial charge in [-0.25, -0.2) is 4.68 Å². The summed E-state index contributed by atoms with van der Waals surface area (Å²) in [7, 11) is 3.49. The summed E-state index contributed by atoms with van der Waals surface area (Å²) < 4.78 is 4.64. The van der Waals surface area contributed by atoms with Gasteiger partial charge in [0.2, 0.25) is 5.95 Å². The third-order valence-electron chi connectivity index (χ3n) is 5.59. The second-order valence-electron chi connectivity index (χ2n) is 8.13. The number of fused-ring (bicyclic) bond motifs is 1. The maximum absolute atomic E-state index is 12.6. The molecule has 1 aliphatic heterocycles. The first-order valence-corrected chi connectivity index (χ1v) is 10.4. The van der Waals surface area contributed by atoms with E-state index in [2.05, 4.69) is 25.4 Å². The smallest absolute Gasteiger partial charge is 0.267 e. The predicted molar refractivity (Wildman–Crippen MR) is 116 cm³/mol. The van der Waals surface area contributed by atoms with Crippen molar-refractivity contribution in [2.24, 2.45) is 14.1 Å². The Morgan fingerprint density at radius 1 is 1.17 bits per heavy atom. The van der Waals surface area contributed by atoms with Crippen molar-refractivity contribution in [2.75, 3.05) is 23.3 Å². The van der Waals surface area contributed by atoms with Gasteiger partial charge < -0.3 is 10.2 Å². The monoisotopic (exact) mass is 412 g/mol. The molecule has 160 valence electrons. The lowest BCUT2D eigenvalue weighted by atomic mass is 10.0. The average Bonchev–Trinajstić information content (AvgIpc) is 3.10. The highest BCUT2D eigenvalue weighted by molar-refractivity contribution is 5.74. The van der Waals surface area contributed by atoms with Crippen LogP contribution in [0, 0.1) is 0 Å². The Balaban J connectivity index is 1.58. The number of rotatable bonds is 5. The molecule has 30 heavy (non-hydrogen) atoms. The minimum absolute atomic E-state index is 0.00244. The molecule has 10 nitrogen and oxygen atoms in total. The second kappa shape index (κ2) is 7.92. The van der Waals surface area contributed by atoms with E-state index in [1.165, 1.54) is 9.25 Å². The molecule has 0 spiro atoms. The molecular weight excluding hydrogens is 384 g/mol. The van der Waals surface area contributed by atoms with Gasteiger partial charge in [0.25, 0.3) is 11.1 Å². The molecule has 0 saturated carbocycles. The van der Waals surface area contributed by atoms with Crippen LogP contribution in [0.25, 0.3) is 11.0 Å². The van der Waals surface area contributed by atoms with Crippen molar-refractivity contribution < 1.29 is 0 Å². The molecule has 4 heterocycles. The third-order valence-corrected chi connectivity index (χ3v) is 5.59. The molecule has 1 fully saturated rings. The molecular formula is C20H28N8O2. The molecule has 0 radical (unpaired) electrons. The zero-order valence-corrected chi connectivity index (χ0v) is 17.9. The highest BCUT2D eigenvalue weighted by Gasteiger charge is 2.25. The molecule has 1 atom stereocenters. The van der Waals surface area contributed by atoms with Gasteiger partial charge >= 0.3 is 0 Å². The zero-order valence-electron chi connectivity index (χ0n) is 17.9. The molecule has 0 bridgehead atoms. The van der Waals surface area contributed by atoms with E-state index in [1.807, 2.05) is 13.8 Å². The van der Waals surface area contributed by atoms with Crippen LogP contribution >= 0.6 is 0 Å². The first kappa shape index (κ1) is 20.1. The van der Waals surface area contributed by atoms with E-state index in [-0.39, 0.29) is 23.2 Å². The van der Waals surface area contributed by atoms with Crippen LogP contribution in [-0.2, 0) is 14.1 Å². The highest BCUT2D eigenvalue weighted by atomic mass is 16.1. The van der Waals surface area contributed by atoms with Gasteiger partial charge in [-0.05, 0) is 39.2 Å². The van der Waals surface area contributed by atoms with Crippen molar-refractivity contribution in [2.45, 2.75) is 45.2 Å². The van der Waals surface area contributed by atoms with Crippen LogP contribution in [-0.4, -0.2) is 48.2 Å². The standard InChI is InChI=1S/C20H28N8O2/c1-13(2)28-17(29)9-8-16(23-28)27-10-6-5-7-14(27)11-21-20-22-18-15(12-25(3)24-18)19(30)26(20)4/h8-9,12-14H,5-7,10-11H2,1-4H3,(H,21,22,24). The van der Waals surface area contributed by atoms with E-state index in [1.54, 1.807) is 37.1 Å². The Bertz CT molecular complexity index is 1180. The van der Waals surface area contributed by atoms with Gasteiger partial charge in [-0.15, -0.1) is 0 Å². The SMILES string of the molecule is CC(C)n1nc(N2CCCCC2CNc2nc3nn(C)cc3c(=O)n2C)ccc1=O. The summed E-state index contributed by atoms with van der Waals surface area (Å²) in [6.07, 6.45) is 4.88. The summed E-state index contributed by atoms with van der Waals surface area (Å²) in [5.74, 6) is 1.30. The van der Waals surface area contributed by atoms with Crippen molar-refractivity contribution in [1.29, 1.82) is 0 Å². The Labute approximate surface area is 174 Å². The van der Waals surface area contributed by atoms with Crippen molar-refractivity contribution in [1.82, 2.24) is 29.1 Å². The molecule has 1 aliphatic rings. The summed E-state index contributed by atoms with van der Waals surface area (Å²) in [5.41, 5.74) is 0.222. The number of nitrogens with one attached hydrogen (secondary N) is 1. The number of hydrogen-bond donors (Lipinski definition) is 1. The quantitative estimate of drug-likeness (QED) is 0.673. The van der Waals surface area contributed by atoms with E-state index < -0.39 is 0 Å². The fourth-order valence-electron chi connectivity index (χ4n) is 3.98. The zero-order chi connectivity index (χ0) is 21.4. The molecule has 1 saturated heterocycles. The lowest BCUT2D eigenvalue weighted by Crippen LogP contribution is -2.45. The summed E-state index contributed by atoms with van der Waals surface area (Å²) >= 11 is 0. The van der Waals surface area contributed by atoms with Crippen molar-refractivity contribution >= 4 is 22.8 Å². The van der Waals surface area contributed by atoms with Crippen LogP contribution in [0.1, 0.15) is 39.2 Å². The largest absolute Gasteiger partial charge is 0.353 e. The normalized spacial score (nSPS) is 17.1. The lowest BCUT2D eigenvalue weighted by molar-refractivity contribution is 0.450. The van der Waals surface area contributed by atoms with Gasteiger partial charge in [-0.2, -0.15) is 15.2 Å². The average molecular weight is 412 g/mol. The van der Waals surface area contributed by atoms with Gasteiger partial charge in [0.05, 0.1) is 6.04 Å². The van der Waals surface area contributed by atoms with E-state index in [9.17, 15) is 9.59 Å². The van der Waals surface area contributed by atoms with Gasteiger partial charge in [0.15, 0.2) is 5.65 Å². The lowest BCUT2D eigenvalue weighted by Gasteiger charge is -2.37. The first-order valence-electron chi connectivity index (χ1n) is 10.4. The maximum Gasteiger partial charge on any atom is 0.267 e. The van der Waals surface area contributed by atoms with Gasteiger partial charge in [-0.1, -0.05) is 0 Å². The second-order valence-corrected chi connectivity index (χ2v) is 8.13. The van der Waals surface area contributed by atoms with Gasteiger partial charge in [0.1, 0.15) is 11.2 Å². The minimum Gasteiger partial charge on any atom is -0.353 e. The van der Waals surface area contributed by atoms with Crippen molar-refractivity contribution in [3.63, 3.8) is 0 Å². The summed E-state index contributed by atoms with van der Waals surface area (Å²) in [6.45, 7) is 5.39. The van der Waals surface area contributed by atoms with Crippen LogP contribution in [0.2, 0.25) is 0 Å². The van der Waals surface area contributed by atoms with Gasteiger partial charge in [0, 0.05) is 45.5 Å². The summed E-state index contributed by atoms with van der Waals surface area (Å²) in [4.78, 5) is 31.5. The number of aromatic nitrogens is 6. The molecule has 1 N–H and O–H groups in total. The Morgan fingerprint density at radius 2 is 1.97 bits per heavy atom. The van der Waals surface area contributed by atoms with Crippen molar-refractivity contribution in [3.05, 3.63) is 39.0 Å². The Morgan fingerprint density at radius 3 is 2.73 bits per heavy atom. The van der Waals surface area contributed by atoms with Crippen LogP contribution in [0.4, 0.5) is 11.8 Å². The van der Waals surface area contributed by atoms with E-state index in [4.69, 9.17) is 0 Å². The number of aryl methyl sites for hydroxylation is 1. The van der Waals surface area contributed by atoms with Crippen LogP contribution in [0.5, 0.6) is 0 Å². The third kappa shape index (κ3) is 3.69. The molecule has 3 aromatic heterocycles. The molecule has 1 unspecified atom stereocenters. The molecule has 10 heteroatoms. The molecule has 0 aliphatic carbocycles. The first-order chi connectivity index (χ1) is 14.3. The van der Waals surface area contributed by atoms with E-state index in [0.717, 1.165) is 31.6 Å². The number of nitrogens with zero attached hydrogens (tertiary/aromatic N) is 7. The molecule has 3 aromatic rings. The molecule has 0 aromatic carbocycles. The molecule has 4 rings (SSSR count).